The first-order chi connectivity index (χ1) is 5.85. The second-order valence-electron chi connectivity index (χ2n) is 3.41. The normalized spacial score (nSPS) is 19.1. The predicted octanol–water partition coefficient (Wildman–Crippen LogP) is 0.771. The lowest BCUT2D eigenvalue weighted by atomic mass is 10.1. The van der Waals surface area contributed by atoms with Gasteiger partial charge in [-0.25, -0.2) is 9.97 Å². The van der Waals surface area contributed by atoms with E-state index in [2.05, 4.69) is 15.3 Å². The number of likely N-dealkylation sites (N-methyl/N-ethyl adjacent to an activating group) is 1. The van der Waals surface area contributed by atoms with Crippen LogP contribution in [0.1, 0.15) is 18.5 Å². The van der Waals surface area contributed by atoms with Gasteiger partial charge in [0.05, 0.1) is 0 Å². The summed E-state index contributed by atoms with van der Waals surface area (Å²) in [6.45, 7) is 0. The van der Waals surface area contributed by atoms with Crippen LogP contribution in [0.5, 0.6) is 0 Å². The van der Waals surface area contributed by atoms with Crippen molar-refractivity contribution in [2.75, 3.05) is 7.05 Å². The van der Waals surface area contributed by atoms with Gasteiger partial charge >= 0.3 is 0 Å². The van der Waals surface area contributed by atoms with Crippen molar-refractivity contribution in [1.29, 1.82) is 0 Å². The van der Waals surface area contributed by atoms with Crippen molar-refractivity contribution >= 4 is 0 Å². The maximum absolute atomic E-state index is 4.20. The maximum atomic E-state index is 4.20. The summed E-state index contributed by atoms with van der Waals surface area (Å²) in [7, 11) is 2.02. The minimum Gasteiger partial charge on any atom is -0.314 e. The SMILES string of the molecule is CNC1(Cc2ccncn2)CC1. The molecule has 2 rings (SSSR count). The first-order valence-electron chi connectivity index (χ1n) is 4.28. The second-order valence-corrected chi connectivity index (χ2v) is 3.41. The molecule has 1 saturated carbocycles. The predicted molar refractivity (Wildman–Crippen MR) is 46.8 cm³/mol. The number of rotatable bonds is 3. The van der Waals surface area contributed by atoms with Crippen LogP contribution in [-0.2, 0) is 6.42 Å². The third-order valence-electron chi connectivity index (χ3n) is 2.55. The Bertz CT molecular complexity index is 254. The van der Waals surface area contributed by atoms with Crippen LogP contribution in [0.4, 0.5) is 0 Å². The Morgan fingerprint density at radius 1 is 1.58 bits per heavy atom. The monoisotopic (exact) mass is 163 g/mol. The van der Waals surface area contributed by atoms with Gasteiger partial charge in [0.15, 0.2) is 0 Å². The van der Waals surface area contributed by atoms with E-state index in [0.29, 0.717) is 5.54 Å². The summed E-state index contributed by atoms with van der Waals surface area (Å²) >= 11 is 0. The minimum atomic E-state index is 0.356. The molecule has 1 aliphatic rings. The van der Waals surface area contributed by atoms with Crippen LogP contribution in [0.2, 0.25) is 0 Å². The molecule has 1 aromatic heterocycles. The van der Waals surface area contributed by atoms with E-state index in [1.165, 1.54) is 12.8 Å². The molecule has 1 aromatic rings. The van der Waals surface area contributed by atoms with E-state index in [9.17, 15) is 0 Å². The number of aromatic nitrogens is 2. The molecule has 0 saturated heterocycles. The molecule has 1 heterocycles. The highest BCUT2D eigenvalue weighted by Gasteiger charge is 2.41. The lowest BCUT2D eigenvalue weighted by molar-refractivity contribution is 0.541. The van der Waals surface area contributed by atoms with Crippen LogP contribution in [-0.4, -0.2) is 22.6 Å². The summed E-state index contributed by atoms with van der Waals surface area (Å²) in [5.41, 5.74) is 1.49. The van der Waals surface area contributed by atoms with Crippen molar-refractivity contribution in [2.45, 2.75) is 24.8 Å². The van der Waals surface area contributed by atoms with E-state index >= 15 is 0 Å². The van der Waals surface area contributed by atoms with Crippen LogP contribution in [0.3, 0.4) is 0 Å². The summed E-state index contributed by atoms with van der Waals surface area (Å²) in [6.07, 6.45) is 6.99. The average molecular weight is 163 g/mol. The molecule has 0 unspecified atom stereocenters. The first-order valence-corrected chi connectivity index (χ1v) is 4.28. The van der Waals surface area contributed by atoms with Gasteiger partial charge in [-0.1, -0.05) is 0 Å². The molecule has 0 spiro atoms. The fraction of sp³-hybridized carbons (Fsp3) is 0.556. The molecule has 1 fully saturated rings. The molecule has 0 amide bonds. The van der Waals surface area contributed by atoms with Gasteiger partial charge in [0.25, 0.3) is 0 Å². The maximum Gasteiger partial charge on any atom is 0.115 e. The van der Waals surface area contributed by atoms with Gasteiger partial charge in [0, 0.05) is 23.9 Å². The van der Waals surface area contributed by atoms with E-state index in [1.54, 1.807) is 12.5 Å². The average Bonchev–Trinajstić information content (AvgIpc) is 2.88. The van der Waals surface area contributed by atoms with Crippen molar-refractivity contribution in [3.63, 3.8) is 0 Å². The molecule has 1 aliphatic carbocycles. The topological polar surface area (TPSA) is 37.8 Å². The Labute approximate surface area is 72.2 Å². The van der Waals surface area contributed by atoms with Crippen LogP contribution >= 0.6 is 0 Å². The summed E-state index contributed by atoms with van der Waals surface area (Å²) in [6, 6.07) is 1.98. The highest BCUT2D eigenvalue weighted by Crippen LogP contribution is 2.37. The fourth-order valence-corrected chi connectivity index (χ4v) is 1.44. The van der Waals surface area contributed by atoms with E-state index in [1.807, 2.05) is 13.1 Å². The molecule has 0 aromatic carbocycles. The van der Waals surface area contributed by atoms with E-state index in [0.717, 1.165) is 12.1 Å². The van der Waals surface area contributed by atoms with Crippen LogP contribution in [0.25, 0.3) is 0 Å². The molecule has 0 atom stereocenters. The zero-order chi connectivity index (χ0) is 8.44. The molecular weight excluding hydrogens is 150 g/mol. The lowest BCUT2D eigenvalue weighted by Gasteiger charge is -2.12. The molecular formula is C9H13N3. The van der Waals surface area contributed by atoms with Crippen molar-refractivity contribution in [1.82, 2.24) is 15.3 Å². The summed E-state index contributed by atoms with van der Waals surface area (Å²) < 4.78 is 0. The van der Waals surface area contributed by atoms with Gasteiger partial charge in [0.1, 0.15) is 6.33 Å². The number of nitrogens with one attached hydrogen (secondary N) is 1. The highest BCUT2D eigenvalue weighted by molar-refractivity contribution is 5.12. The molecule has 3 heteroatoms. The molecule has 1 N–H and O–H groups in total. The van der Waals surface area contributed by atoms with Crippen LogP contribution < -0.4 is 5.32 Å². The number of nitrogens with zero attached hydrogens (tertiary/aromatic N) is 2. The molecule has 64 valence electrons. The molecule has 3 nitrogen and oxygen atoms in total. The largest absolute Gasteiger partial charge is 0.314 e. The molecule has 0 bridgehead atoms. The van der Waals surface area contributed by atoms with Gasteiger partial charge in [-0.2, -0.15) is 0 Å². The molecule has 0 aliphatic heterocycles. The van der Waals surface area contributed by atoms with Crippen molar-refractivity contribution < 1.29 is 0 Å². The summed E-state index contributed by atoms with van der Waals surface area (Å²) in [5, 5.41) is 3.34. The first kappa shape index (κ1) is 7.68. The zero-order valence-electron chi connectivity index (χ0n) is 7.25. The van der Waals surface area contributed by atoms with Gasteiger partial charge in [-0.15, -0.1) is 0 Å². The van der Waals surface area contributed by atoms with Gasteiger partial charge in [-0.3, -0.25) is 0 Å². The van der Waals surface area contributed by atoms with E-state index < -0.39 is 0 Å². The van der Waals surface area contributed by atoms with Gasteiger partial charge in [0.2, 0.25) is 0 Å². The minimum absolute atomic E-state index is 0.356. The Hall–Kier alpha value is -0.960. The van der Waals surface area contributed by atoms with Crippen molar-refractivity contribution in [3.05, 3.63) is 24.3 Å². The fourth-order valence-electron chi connectivity index (χ4n) is 1.44. The van der Waals surface area contributed by atoms with Crippen molar-refractivity contribution in [3.8, 4) is 0 Å². The second kappa shape index (κ2) is 2.83. The van der Waals surface area contributed by atoms with E-state index in [-0.39, 0.29) is 0 Å². The van der Waals surface area contributed by atoms with Gasteiger partial charge in [-0.05, 0) is 26.0 Å². The number of hydrogen-bond acceptors (Lipinski definition) is 3. The molecule has 12 heavy (non-hydrogen) atoms. The zero-order valence-corrected chi connectivity index (χ0v) is 7.25. The third-order valence-corrected chi connectivity index (χ3v) is 2.55. The smallest absolute Gasteiger partial charge is 0.115 e. The Morgan fingerprint density at radius 3 is 2.92 bits per heavy atom. The van der Waals surface area contributed by atoms with Crippen molar-refractivity contribution in [2.24, 2.45) is 0 Å². The lowest BCUT2D eigenvalue weighted by Crippen LogP contribution is -2.29. The Morgan fingerprint density at radius 2 is 2.42 bits per heavy atom. The standard InChI is InChI=1S/C9H13N3/c1-10-9(3-4-9)6-8-2-5-11-7-12-8/h2,5,7,10H,3-4,6H2,1H3. The summed E-state index contributed by atoms with van der Waals surface area (Å²) in [4.78, 5) is 8.09. The molecule has 0 radical (unpaired) electrons. The van der Waals surface area contributed by atoms with Crippen LogP contribution in [0.15, 0.2) is 18.6 Å². The van der Waals surface area contributed by atoms with E-state index in [4.69, 9.17) is 0 Å². The Kier molecular flexibility index (Phi) is 1.81. The quantitative estimate of drug-likeness (QED) is 0.715. The third kappa shape index (κ3) is 1.46. The van der Waals surface area contributed by atoms with Gasteiger partial charge < -0.3 is 5.32 Å². The Balaban J connectivity index is 2.04. The summed E-state index contributed by atoms with van der Waals surface area (Å²) in [5.74, 6) is 0. The number of hydrogen-bond donors (Lipinski definition) is 1. The van der Waals surface area contributed by atoms with Crippen LogP contribution in [0, 0.1) is 0 Å². The highest BCUT2D eigenvalue weighted by atomic mass is 15.0.